The lowest BCUT2D eigenvalue weighted by atomic mass is 10.0. The number of pyridine rings is 1. The van der Waals surface area contributed by atoms with Crippen LogP contribution in [-0.2, 0) is 0 Å². The molecule has 7 heteroatoms. The summed E-state index contributed by atoms with van der Waals surface area (Å²) in [6, 6.07) is 10.3. The van der Waals surface area contributed by atoms with E-state index in [9.17, 15) is 0 Å². The predicted octanol–water partition coefficient (Wildman–Crippen LogP) is 2.55. The van der Waals surface area contributed by atoms with Gasteiger partial charge < -0.3 is 11.1 Å². The number of piperidine rings is 1. The monoisotopic (exact) mass is 345 g/mol. The SMILES string of the molecule is Nc1ncnc2c1c(-c1ccnc3ccccc13)nn2[C@@H]1CCCNC1. The number of hydrogen-bond donors (Lipinski definition) is 2. The van der Waals surface area contributed by atoms with Crippen molar-refractivity contribution in [3.05, 3.63) is 42.9 Å². The van der Waals surface area contributed by atoms with Gasteiger partial charge in [0.05, 0.1) is 16.9 Å². The molecule has 0 aliphatic carbocycles. The number of para-hydroxylation sites is 1. The number of rotatable bonds is 2. The molecular formula is C19H19N7. The van der Waals surface area contributed by atoms with Gasteiger partial charge in [-0.25, -0.2) is 14.6 Å². The first-order valence-corrected chi connectivity index (χ1v) is 8.86. The molecule has 1 aromatic carbocycles. The minimum absolute atomic E-state index is 0.266. The lowest BCUT2D eigenvalue weighted by molar-refractivity contribution is 0.354. The van der Waals surface area contributed by atoms with Gasteiger partial charge in [0.15, 0.2) is 5.65 Å². The van der Waals surface area contributed by atoms with Gasteiger partial charge in [-0.2, -0.15) is 5.10 Å². The Balaban J connectivity index is 1.80. The summed E-state index contributed by atoms with van der Waals surface area (Å²) in [6.45, 7) is 1.94. The van der Waals surface area contributed by atoms with Crippen LogP contribution in [0.2, 0.25) is 0 Å². The summed E-state index contributed by atoms with van der Waals surface area (Å²) in [4.78, 5) is 13.2. The van der Waals surface area contributed by atoms with Crippen LogP contribution >= 0.6 is 0 Å². The van der Waals surface area contributed by atoms with Gasteiger partial charge in [0.25, 0.3) is 0 Å². The van der Waals surface area contributed by atoms with E-state index >= 15 is 0 Å². The molecule has 4 aromatic rings. The van der Waals surface area contributed by atoms with Gasteiger partial charge in [-0.05, 0) is 31.5 Å². The van der Waals surface area contributed by atoms with E-state index in [1.54, 1.807) is 0 Å². The summed E-state index contributed by atoms with van der Waals surface area (Å²) in [5.74, 6) is 0.459. The molecule has 0 amide bonds. The zero-order valence-corrected chi connectivity index (χ0v) is 14.3. The van der Waals surface area contributed by atoms with Gasteiger partial charge >= 0.3 is 0 Å². The molecule has 1 saturated heterocycles. The Labute approximate surface area is 150 Å². The highest BCUT2D eigenvalue weighted by Crippen LogP contribution is 2.35. The maximum Gasteiger partial charge on any atom is 0.164 e. The molecule has 5 rings (SSSR count). The number of nitrogen functional groups attached to an aromatic ring is 1. The van der Waals surface area contributed by atoms with Crippen molar-refractivity contribution < 1.29 is 0 Å². The number of fused-ring (bicyclic) bond motifs is 2. The summed E-state index contributed by atoms with van der Waals surface area (Å²) in [6.07, 6.45) is 5.52. The van der Waals surface area contributed by atoms with E-state index in [0.29, 0.717) is 5.82 Å². The highest BCUT2D eigenvalue weighted by molar-refractivity contribution is 6.05. The van der Waals surface area contributed by atoms with Gasteiger partial charge in [-0.15, -0.1) is 0 Å². The van der Waals surface area contributed by atoms with Crippen molar-refractivity contribution in [2.45, 2.75) is 18.9 Å². The molecule has 0 radical (unpaired) electrons. The fraction of sp³-hybridized carbons (Fsp3) is 0.263. The molecule has 3 aromatic heterocycles. The molecule has 3 N–H and O–H groups in total. The second-order valence-electron chi connectivity index (χ2n) is 6.63. The molecule has 0 saturated carbocycles. The lowest BCUT2D eigenvalue weighted by Crippen LogP contribution is -2.32. The zero-order valence-electron chi connectivity index (χ0n) is 14.3. The fourth-order valence-corrected chi connectivity index (χ4v) is 3.78. The highest BCUT2D eigenvalue weighted by atomic mass is 15.3. The van der Waals surface area contributed by atoms with Crippen LogP contribution < -0.4 is 11.1 Å². The summed E-state index contributed by atoms with van der Waals surface area (Å²) in [5, 5.41) is 10.3. The topological polar surface area (TPSA) is 94.5 Å². The summed E-state index contributed by atoms with van der Waals surface area (Å²) < 4.78 is 2.02. The van der Waals surface area contributed by atoms with Crippen molar-refractivity contribution in [2.24, 2.45) is 0 Å². The molecule has 0 spiro atoms. The fourth-order valence-electron chi connectivity index (χ4n) is 3.78. The molecule has 0 bridgehead atoms. The minimum atomic E-state index is 0.266. The summed E-state index contributed by atoms with van der Waals surface area (Å²) >= 11 is 0. The smallest absolute Gasteiger partial charge is 0.164 e. The van der Waals surface area contributed by atoms with Crippen LogP contribution in [0.4, 0.5) is 5.82 Å². The summed E-state index contributed by atoms with van der Waals surface area (Å²) in [5.41, 5.74) is 9.80. The quantitative estimate of drug-likeness (QED) is 0.580. The first kappa shape index (κ1) is 15.2. The number of aromatic nitrogens is 5. The number of nitrogens with zero attached hydrogens (tertiary/aromatic N) is 5. The predicted molar refractivity (Wildman–Crippen MR) is 102 cm³/mol. The average Bonchev–Trinajstić information content (AvgIpc) is 3.09. The second-order valence-corrected chi connectivity index (χ2v) is 6.63. The molecule has 1 aliphatic heterocycles. The van der Waals surface area contributed by atoms with Crippen molar-refractivity contribution >= 4 is 27.8 Å². The molecule has 4 heterocycles. The van der Waals surface area contributed by atoms with E-state index in [1.165, 1.54) is 6.33 Å². The first-order chi connectivity index (χ1) is 12.8. The van der Waals surface area contributed by atoms with Gasteiger partial charge in [-0.3, -0.25) is 4.98 Å². The first-order valence-electron chi connectivity index (χ1n) is 8.86. The van der Waals surface area contributed by atoms with Gasteiger partial charge in [0, 0.05) is 23.7 Å². The molecular weight excluding hydrogens is 326 g/mol. The molecule has 130 valence electrons. The maximum atomic E-state index is 6.25. The second kappa shape index (κ2) is 6.03. The number of hydrogen-bond acceptors (Lipinski definition) is 6. The highest BCUT2D eigenvalue weighted by Gasteiger charge is 2.24. The Morgan fingerprint density at radius 1 is 1.12 bits per heavy atom. The van der Waals surface area contributed by atoms with E-state index in [4.69, 9.17) is 10.8 Å². The average molecular weight is 345 g/mol. The Morgan fingerprint density at radius 2 is 2.04 bits per heavy atom. The van der Waals surface area contributed by atoms with Crippen LogP contribution in [0.15, 0.2) is 42.9 Å². The van der Waals surface area contributed by atoms with Crippen LogP contribution in [-0.4, -0.2) is 37.8 Å². The molecule has 1 fully saturated rings. The number of nitrogens with two attached hydrogens (primary N) is 1. The van der Waals surface area contributed by atoms with Crippen LogP contribution in [0.3, 0.4) is 0 Å². The third-order valence-corrected chi connectivity index (χ3v) is 5.04. The normalized spacial score (nSPS) is 17.8. The lowest BCUT2D eigenvalue weighted by Gasteiger charge is -2.23. The van der Waals surface area contributed by atoms with Gasteiger partial charge in [0.2, 0.25) is 0 Å². The van der Waals surface area contributed by atoms with Crippen molar-refractivity contribution in [3.63, 3.8) is 0 Å². The van der Waals surface area contributed by atoms with Gasteiger partial charge in [0.1, 0.15) is 17.8 Å². The molecule has 0 unspecified atom stereocenters. The minimum Gasteiger partial charge on any atom is -0.383 e. The van der Waals surface area contributed by atoms with Crippen LogP contribution in [0.25, 0.3) is 33.2 Å². The van der Waals surface area contributed by atoms with Crippen molar-refractivity contribution in [3.8, 4) is 11.3 Å². The standard InChI is InChI=1S/C19H19N7/c20-18-16-17(14-7-9-22-15-6-2-1-5-13(14)15)25-26(19(16)24-11-23-18)12-4-3-8-21-10-12/h1-2,5-7,9,11-12,21H,3-4,8,10H2,(H2,20,23,24)/t12-/m1/s1. The zero-order chi connectivity index (χ0) is 17.5. The third kappa shape index (κ3) is 2.32. The van der Waals surface area contributed by atoms with Gasteiger partial charge in [-0.1, -0.05) is 18.2 Å². The molecule has 26 heavy (non-hydrogen) atoms. The van der Waals surface area contributed by atoms with Crippen molar-refractivity contribution in [1.29, 1.82) is 0 Å². The Hall–Kier alpha value is -3.06. The Kier molecular flexibility index (Phi) is 3.53. The van der Waals surface area contributed by atoms with E-state index in [0.717, 1.165) is 59.1 Å². The molecule has 1 atom stereocenters. The van der Waals surface area contributed by atoms with Crippen LogP contribution in [0, 0.1) is 0 Å². The Morgan fingerprint density at radius 3 is 2.92 bits per heavy atom. The van der Waals surface area contributed by atoms with E-state index in [-0.39, 0.29) is 6.04 Å². The molecule has 1 aliphatic rings. The third-order valence-electron chi connectivity index (χ3n) is 5.04. The largest absolute Gasteiger partial charge is 0.383 e. The number of nitrogens with one attached hydrogen (secondary N) is 1. The van der Waals surface area contributed by atoms with E-state index < -0.39 is 0 Å². The summed E-state index contributed by atoms with van der Waals surface area (Å²) in [7, 11) is 0. The van der Waals surface area contributed by atoms with E-state index in [1.807, 2.05) is 35.1 Å². The van der Waals surface area contributed by atoms with Crippen molar-refractivity contribution in [2.75, 3.05) is 18.8 Å². The maximum absolute atomic E-state index is 6.25. The van der Waals surface area contributed by atoms with Crippen molar-refractivity contribution in [1.82, 2.24) is 30.0 Å². The van der Waals surface area contributed by atoms with E-state index in [2.05, 4.69) is 26.3 Å². The number of benzene rings is 1. The van der Waals surface area contributed by atoms with Crippen LogP contribution in [0.5, 0.6) is 0 Å². The Bertz CT molecular complexity index is 1090. The molecule has 7 nitrogen and oxygen atoms in total. The van der Waals surface area contributed by atoms with Crippen LogP contribution in [0.1, 0.15) is 18.9 Å². The number of anilines is 1.